The van der Waals surface area contributed by atoms with Crippen LogP contribution in [0.3, 0.4) is 0 Å². The van der Waals surface area contributed by atoms with Crippen molar-refractivity contribution >= 4 is 30.7 Å². The Bertz CT molecular complexity index is 262. The molecule has 0 heterocycles. The molecule has 108 valence electrons. The van der Waals surface area contributed by atoms with Crippen LogP contribution < -0.4 is 11.1 Å². The molecule has 3 N–H and O–H groups in total. The zero-order valence-electron chi connectivity index (χ0n) is 10.9. The molecule has 0 bridgehead atoms. The van der Waals surface area contributed by atoms with E-state index >= 15 is 0 Å². The van der Waals surface area contributed by atoms with Crippen molar-refractivity contribution in [2.45, 2.75) is 44.2 Å². The quantitative estimate of drug-likeness (QED) is 0.801. The molecule has 2 aliphatic carbocycles. The topological polar surface area (TPSA) is 58.4 Å². The maximum atomic E-state index is 11.8. The Morgan fingerprint density at radius 1 is 1.28 bits per heavy atom. The van der Waals surface area contributed by atoms with Crippen LogP contribution in [-0.2, 0) is 4.79 Å². The van der Waals surface area contributed by atoms with Crippen molar-refractivity contribution in [3.8, 4) is 0 Å². The third-order valence-corrected chi connectivity index (χ3v) is 3.84. The molecule has 4 nitrogen and oxygen atoms in total. The largest absolute Gasteiger partial charge is 0.355 e. The van der Waals surface area contributed by atoms with E-state index in [1.807, 2.05) is 0 Å². The minimum atomic E-state index is 0. The number of hydrogen-bond donors (Lipinski definition) is 2. The highest BCUT2D eigenvalue weighted by atomic mass is 35.5. The third kappa shape index (κ3) is 4.92. The zero-order valence-corrected chi connectivity index (χ0v) is 12.6. The number of halogens is 2. The van der Waals surface area contributed by atoms with Gasteiger partial charge in [0.1, 0.15) is 0 Å². The van der Waals surface area contributed by atoms with E-state index < -0.39 is 0 Å². The predicted molar refractivity (Wildman–Crippen MR) is 78.5 cm³/mol. The van der Waals surface area contributed by atoms with E-state index in [-0.39, 0.29) is 42.7 Å². The van der Waals surface area contributed by atoms with E-state index in [2.05, 4.69) is 17.3 Å². The van der Waals surface area contributed by atoms with Crippen molar-refractivity contribution in [1.29, 1.82) is 0 Å². The molecule has 0 radical (unpaired) electrons. The Morgan fingerprint density at radius 3 is 2.44 bits per heavy atom. The summed E-state index contributed by atoms with van der Waals surface area (Å²) in [5, 5.41) is 3.01. The Kier molecular flexibility index (Phi) is 8.19. The molecule has 1 amide bonds. The Balaban J connectivity index is 0.00000144. The molecule has 0 aromatic rings. The van der Waals surface area contributed by atoms with Crippen LogP contribution in [0.4, 0.5) is 0 Å². The van der Waals surface area contributed by atoms with Crippen LogP contribution in [0, 0.1) is 5.92 Å². The molecule has 0 saturated heterocycles. The smallest absolute Gasteiger partial charge is 0.224 e. The first-order valence-electron chi connectivity index (χ1n) is 6.42. The molecule has 2 aliphatic rings. The standard InChI is InChI=1S/C12H23N3O.2ClH/c1-15(9-5-6-9)8-7-14-12(16)10-3-2-4-11(10)13;;/h9-11H,2-8,13H2,1H3,(H,14,16);2*1H. The van der Waals surface area contributed by atoms with Gasteiger partial charge in [-0.05, 0) is 32.7 Å². The van der Waals surface area contributed by atoms with Gasteiger partial charge in [0.05, 0.1) is 5.92 Å². The van der Waals surface area contributed by atoms with Crippen molar-refractivity contribution in [2.75, 3.05) is 20.1 Å². The summed E-state index contributed by atoms with van der Waals surface area (Å²) in [6.45, 7) is 1.72. The molecular formula is C12H25Cl2N3O. The van der Waals surface area contributed by atoms with E-state index in [9.17, 15) is 4.79 Å². The normalized spacial score (nSPS) is 26.4. The summed E-state index contributed by atoms with van der Waals surface area (Å²) >= 11 is 0. The van der Waals surface area contributed by atoms with Gasteiger partial charge in [0.2, 0.25) is 5.91 Å². The van der Waals surface area contributed by atoms with Gasteiger partial charge in [0, 0.05) is 25.2 Å². The number of carbonyl (C=O) groups excluding carboxylic acids is 1. The summed E-state index contributed by atoms with van der Waals surface area (Å²) in [5.74, 6) is 0.223. The highest BCUT2D eigenvalue weighted by molar-refractivity contribution is 5.85. The summed E-state index contributed by atoms with van der Waals surface area (Å²) in [6.07, 6.45) is 5.70. The second-order valence-corrected chi connectivity index (χ2v) is 5.20. The van der Waals surface area contributed by atoms with E-state index in [1.54, 1.807) is 0 Å². The number of amides is 1. The Morgan fingerprint density at radius 2 is 1.94 bits per heavy atom. The lowest BCUT2D eigenvalue weighted by Gasteiger charge is -2.18. The van der Waals surface area contributed by atoms with Crippen LogP contribution in [-0.4, -0.2) is 43.0 Å². The number of hydrogen-bond acceptors (Lipinski definition) is 3. The molecule has 0 aromatic carbocycles. The molecule has 0 spiro atoms. The number of nitrogens with zero attached hydrogens (tertiary/aromatic N) is 1. The van der Waals surface area contributed by atoms with Gasteiger partial charge in [-0.2, -0.15) is 0 Å². The average molecular weight is 298 g/mol. The van der Waals surface area contributed by atoms with Crippen LogP contribution >= 0.6 is 24.8 Å². The first kappa shape index (κ1) is 18.0. The van der Waals surface area contributed by atoms with Crippen molar-refractivity contribution in [1.82, 2.24) is 10.2 Å². The molecule has 0 aliphatic heterocycles. The van der Waals surface area contributed by atoms with Gasteiger partial charge in [0.25, 0.3) is 0 Å². The second-order valence-electron chi connectivity index (χ2n) is 5.20. The Hall–Kier alpha value is -0.0300. The van der Waals surface area contributed by atoms with Gasteiger partial charge in [-0.1, -0.05) is 6.42 Å². The lowest BCUT2D eigenvalue weighted by molar-refractivity contribution is -0.125. The molecule has 2 unspecified atom stereocenters. The molecule has 2 atom stereocenters. The van der Waals surface area contributed by atoms with Crippen LogP contribution in [0.5, 0.6) is 0 Å². The summed E-state index contributed by atoms with van der Waals surface area (Å²) in [6, 6.07) is 0.854. The van der Waals surface area contributed by atoms with Crippen LogP contribution in [0.15, 0.2) is 0 Å². The number of nitrogens with one attached hydrogen (secondary N) is 1. The minimum absolute atomic E-state index is 0. The van der Waals surface area contributed by atoms with Crippen molar-refractivity contribution in [3.05, 3.63) is 0 Å². The fourth-order valence-corrected chi connectivity index (χ4v) is 2.50. The second kappa shape index (κ2) is 8.20. The first-order valence-corrected chi connectivity index (χ1v) is 6.42. The molecule has 18 heavy (non-hydrogen) atoms. The Labute approximate surface area is 122 Å². The monoisotopic (exact) mass is 297 g/mol. The highest BCUT2D eigenvalue weighted by Gasteiger charge is 2.30. The molecule has 2 rings (SSSR count). The fourth-order valence-electron chi connectivity index (χ4n) is 2.50. The van der Waals surface area contributed by atoms with Crippen molar-refractivity contribution in [2.24, 2.45) is 11.7 Å². The zero-order chi connectivity index (χ0) is 11.5. The molecular weight excluding hydrogens is 273 g/mol. The summed E-state index contributed by atoms with van der Waals surface area (Å²) < 4.78 is 0. The van der Waals surface area contributed by atoms with Gasteiger partial charge in [-0.25, -0.2) is 0 Å². The first-order chi connectivity index (χ1) is 7.68. The van der Waals surface area contributed by atoms with Crippen LogP contribution in [0.2, 0.25) is 0 Å². The third-order valence-electron chi connectivity index (χ3n) is 3.84. The molecule has 0 aromatic heterocycles. The van der Waals surface area contributed by atoms with Gasteiger partial charge in [-0.3, -0.25) is 4.79 Å². The molecule has 2 fully saturated rings. The van der Waals surface area contributed by atoms with Gasteiger partial charge in [0.15, 0.2) is 0 Å². The number of nitrogens with two attached hydrogens (primary N) is 1. The lowest BCUT2D eigenvalue weighted by atomic mass is 10.0. The van der Waals surface area contributed by atoms with Gasteiger partial charge >= 0.3 is 0 Å². The van der Waals surface area contributed by atoms with Crippen LogP contribution in [0.25, 0.3) is 0 Å². The summed E-state index contributed by atoms with van der Waals surface area (Å²) in [4.78, 5) is 14.1. The van der Waals surface area contributed by atoms with Crippen molar-refractivity contribution < 1.29 is 4.79 Å². The van der Waals surface area contributed by atoms with E-state index in [4.69, 9.17) is 5.73 Å². The fraction of sp³-hybridized carbons (Fsp3) is 0.917. The summed E-state index contributed by atoms with van der Waals surface area (Å²) in [7, 11) is 2.13. The predicted octanol–water partition coefficient (Wildman–Crippen LogP) is 1.17. The SMILES string of the molecule is CN(CCNC(=O)C1CCCC1N)C1CC1.Cl.Cl. The minimum Gasteiger partial charge on any atom is -0.355 e. The van der Waals surface area contributed by atoms with Crippen molar-refractivity contribution in [3.63, 3.8) is 0 Å². The number of rotatable bonds is 5. The lowest BCUT2D eigenvalue weighted by Crippen LogP contribution is -2.41. The van der Waals surface area contributed by atoms with E-state index in [0.717, 1.165) is 38.4 Å². The summed E-state index contributed by atoms with van der Waals surface area (Å²) in [5.41, 5.74) is 5.90. The maximum Gasteiger partial charge on any atom is 0.224 e. The highest BCUT2D eigenvalue weighted by Crippen LogP contribution is 2.25. The van der Waals surface area contributed by atoms with Gasteiger partial charge < -0.3 is 16.0 Å². The van der Waals surface area contributed by atoms with Gasteiger partial charge in [-0.15, -0.1) is 24.8 Å². The molecule has 6 heteroatoms. The number of likely N-dealkylation sites (N-methyl/N-ethyl adjacent to an activating group) is 1. The maximum absolute atomic E-state index is 11.8. The molecule has 2 saturated carbocycles. The van der Waals surface area contributed by atoms with E-state index in [1.165, 1.54) is 12.8 Å². The number of carbonyl (C=O) groups is 1. The average Bonchev–Trinajstić information content (AvgIpc) is 3.01. The van der Waals surface area contributed by atoms with E-state index in [0.29, 0.717) is 0 Å². The van der Waals surface area contributed by atoms with Crippen LogP contribution in [0.1, 0.15) is 32.1 Å².